The number of rotatable bonds is 4. The summed E-state index contributed by atoms with van der Waals surface area (Å²) in [5.74, 6) is 0.199. The fourth-order valence-electron chi connectivity index (χ4n) is 3.91. The first-order chi connectivity index (χ1) is 12.7. The van der Waals surface area contributed by atoms with Crippen LogP contribution >= 0.6 is 0 Å². The van der Waals surface area contributed by atoms with Crippen LogP contribution in [-0.4, -0.2) is 27.6 Å². The lowest BCUT2D eigenvalue weighted by molar-refractivity contribution is -0.128. The first kappa shape index (κ1) is 16.8. The lowest BCUT2D eigenvalue weighted by Crippen LogP contribution is -2.41. The Morgan fingerprint density at radius 3 is 2.73 bits per heavy atom. The summed E-state index contributed by atoms with van der Waals surface area (Å²) in [6, 6.07) is 10.1. The molecule has 1 aliphatic carbocycles. The van der Waals surface area contributed by atoms with Gasteiger partial charge < -0.3 is 10.6 Å². The van der Waals surface area contributed by atoms with Crippen LogP contribution in [0.15, 0.2) is 36.5 Å². The molecule has 1 saturated carbocycles. The Bertz CT molecular complexity index is 793. The van der Waals surface area contributed by atoms with Gasteiger partial charge in [0.25, 0.3) is 0 Å². The normalized spacial score (nSPS) is 20.3. The number of nitrogens with zero attached hydrogens (tertiary/aromatic N) is 2. The van der Waals surface area contributed by atoms with E-state index >= 15 is 0 Å². The summed E-state index contributed by atoms with van der Waals surface area (Å²) in [6.07, 6.45) is 7.68. The van der Waals surface area contributed by atoms with Crippen molar-refractivity contribution in [2.75, 3.05) is 5.32 Å². The third-order valence-electron chi connectivity index (χ3n) is 5.33. The maximum Gasteiger partial charge on any atom is 0.231 e. The number of benzene rings is 1. The minimum absolute atomic E-state index is 0.0315. The Kier molecular flexibility index (Phi) is 4.73. The third-order valence-corrected chi connectivity index (χ3v) is 5.33. The van der Waals surface area contributed by atoms with Gasteiger partial charge in [-0.2, -0.15) is 5.10 Å². The van der Waals surface area contributed by atoms with Crippen LogP contribution < -0.4 is 10.6 Å². The second-order valence-electron chi connectivity index (χ2n) is 7.25. The number of aromatic nitrogens is 2. The smallest absolute Gasteiger partial charge is 0.231 e. The Morgan fingerprint density at radius 1 is 1.19 bits per heavy atom. The fraction of sp³-hybridized carbons (Fsp3) is 0.450. The Labute approximate surface area is 153 Å². The number of nitrogens with one attached hydrogen (secondary N) is 2. The highest BCUT2D eigenvalue weighted by atomic mass is 16.2. The predicted molar refractivity (Wildman–Crippen MR) is 99.4 cm³/mol. The molecule has 2 aliphatic rings. The molecule has 0 spiro atoms. The fourth-order valence-corrected chi connectivity index (χ4v) is 3.91. The van der Waals surface area contributed by atoms with Gasteiger partial charge in [-0.25, -0.2) is 4.68 Å². The topological polar surface area (TPSA) is 76.0 Å². The molecule has 6 nitrogen and oxygen atoms in total. The molecule has 6 heteroatoms. The molecule has 0 unspecified atom stereocenters. The van der Waals surface area contributed by atoms with Crippen molar-refractivity contribution in [2.45, 2.75) is 51.1 Å². The van der Waals surface area contributed by atoms with Crippen molar-refractivity contribution in [2.24, 2.45) is 5.92 Å². The Hall–Kier alpha value is -2.63. The van der Waals surface area contributed by atoms with Gasteiger partial charge >= 0.3 is 0 Å². The van der Waals surface area contributed by atoms with Crippen molar-refractivity contribution < 1.29 is 9.59 Å². The molecule has 26 heavy (non-hydrogen) atoms. The first-order valence-electron chi connectivity index (χ1n) is 9.42. The standard InChI is InChI=1S/C20H24N4O2/c25-18(22-16-9-5-2-6-10-16)11-15-13-24-19(23-20(15)26)17(12-21-24)14-7-3-1-4-8-14/h1,3-4,7-8,12,15-16H,2,5-6,9-11,13H2,(H,22,25)(H,23,26)/t15-/m1/s1. The minimum Gasteiger partial charge on any atom is -0.353 e. The van der Waals surface area contributed by atoms with E-state index in [1.54, 1.807) is 10.9 Å². The van der Waals surface area contributed by atoms with E-state index < -0.39 is 0 Å². The van der Waals surface area contributed by atoms with E-state index in [-0.39, 0.29) is 30.2 Å². The zero-order chi connectivity index (χ0) is 17.9. The van der Waals surface area contributed by atoms with E-state index in [1.807, 2.05) is 30.3 Å². The molecular weight excluding hydrogens is 328 g/mol. The van der Waals surface area contributed by atoms with Crippen molar-refractivity contribution in [1.82, 2.24) is 15.1 Å². The van der Waals surface area contributed by atoms with Gasteiger partial charge in [-0.15, -0.1) is 0 Å². The largest absolute Gasteiger partial charge is 0.353 e. The maximum absolute atomic E-state index is 12.5. The summed E-state index contributed by atoms with van der Waals surface area (Å²) in [5, 5.41) is 10.5. The summed E-state index contributed by atoms with van der Waals surface area (Å²) >= 11 is 0. The molecule has 2 amide bonds. The van der Waals surface area contributed by atoms with E-state index in [9.17, 15) is 9.59 Å². The van der Waals surface area contributed by atoms with Gasteiger partial charge in [0, 0.05) is 18.0 Å². The van der Waals surface area contributed by atoms with Gasteiger partial charge in [0.05, 0.1) is 18.7 Å². The Balaban J connectivity index is 1.43. The quantitative estimate of drug-likeness (QED) is 0.888. The molecule has 0 radical (unpaired) electrons. The average Bonchev–Trinajstić information content (AvgIpc) is 3.06. The molecule has 1 aromatic carbocycles. The maximum atomic E-state index is 12.5. The second-order valence-corrected chi connectivity index (χ2v) is 7.25. The number of fused-ring (bicyclic) bond motifs is 1. The van der Waals surface area contributed by atoms with Crippen LogP contribution in [0.3, 0.4) is 0 Å². The van der Waals surface area contributed by atoms with Crippen LogP contribution in [0.1, 0.15) is 38.5 Å². The summed E-state index contributed by atoms with van der Waals surface area (Å²) in [7, 11) is 0. The highest BCUT2D eigenvalue weighted by Gasteiger charge is 2.31. The van der Waals surface area contributed by atoms with Crippen LogP contribution in [0.2, 0.25) is 0 Å². The lowest BCUT2D eigenvalue weighted by atomic mass is 9.94. The van der Waals surface area contributed by atoms with Gasteiger partial charge in [-0.05, 0) is 18.4 Å². The van der Waals surface area contributed by atoms with E-state index in [0.717, 1.165) is 24.0 Å². The molecule has 2 heterocycles. The SMILES string of the molecule is O=C(C[C@@H]1Cn2ncc(-c3ccccc3)c2NC1=O)NC1CCCCC1. The molecule has 136 valence electrons. The third kappa shape index (κ3) is 3.49. The molecule has 1 atom stereocenters. The second kappa shape index (κ2) is 7.32. The molecule has 4 rings (SSSR count). The number of carbonyl (C=O) groups is 2. The van der Waals surface area contributed by atoms with Gasteiger partial charge in [0.2, 0.25) is 11.8 Å². The molecular formula is C20H24N4O2. The summed E-state index contributed by atoms with van der Waals surface area (Å²) in [5.41, 5.74) is 1.92. The molecule has 0 saturated heterocycles. The number of anilines is 1. The molecule has 1 aromatic heterocycles. The number of hydrogen-bond acceptors (Lipinski definition) is 3. The highest BCUT2D eigenvalue weighted by Crippen LogP contribution is 2.31. The molecule has 2 aromatic rings. The Morgan fingerprint density at radius 2 is 1.96 bits per heavy atom. The van der Waals surface area contributed by atoms with E-state index in [1.165, 1.54) is 19.3 Å². The molecule has 2 N–H and O–H groups in total. The molecule has 0 bridgehead atoms. The van der Waals surface area contributed by atoms with Crippen LogP contribution in [0.4, 0.5) is 5.82 Å². The van der Waals surface area contributed by atoms with Crippen LogP contribution in [0, 0.1) is 5.92 Å². The number of carbonyl (C=O) groups excluding carboxylic acids is 2. The highest BCUT2D eigenvalue weighted by molar-refractivity contribution is 5.98. The number of amides is 2. The van der Waals surface area contributed by atoms with E-state index in [2.05, 4.69) is 15.7 Å². The first-order valence-corrected chi connectivity index (χ1v) is 9.42. The summed E-state index contributed by atoms with van der Waals surface area (Å²) in [4.78, 5) is 24.9. The van der Waals surface area contributed by atoms with E-state index in [0.29, 0.717) is 12.4 Å². The average molecular weight is 352 g/mol. The van der Waals surface area contributed by atoms with Gasteiger partial charge in [-0.3, -0.25) is 9.59 Å². The molecule has 1 aliphatic heterocycles. The minimum atomic E-state index is -0.380. The van der Waals surface area contributed by atoms with E-state index in [4.69, 9.17) is 0 Å². The van der Waals surface area contributed by atoms with Crippen molar-refractivity contribution in [3.63, 3.8) is 0 Å². The zero-order valence-corrected chi connectivity index (χ0v) is 14.8. The number of hydrogen-bond donors (Lipinski definition) is 2. The van der Waals surface area contributed by atoms with Crippen molar-refractivity contribution in [1.29, 1.82) is 0 Å². The monoisotopic (exact) mass is 352 g/mol. The molecule has 1 fully saturated rings. The van der Waals surface area contributed by atoms with Crippen molar-refractivity contribution in [3.05, 3.63) is 36.5 Å². The summed E-state index contributed by atoms with van der Waals surface area (Å²) in [6.45, 7) is 0.437. The van der Waals surface area contributed by atoms with Crippen LogP contribution in [0.5, 0.6) is 0 Å². The van der Waals surface area contributed by atoms with Gasteiger partial charge in [0.15, 0.2) is 0 Å². The van der Waals surface area contributed by atoms with Gasteiger partial charge in [0.1, 0.15) is 5.82 Å². The predicted octanol–water partition coefficient (Wildman–Crippen LogP) is 2.96. The van der Waals surface area contributed by atoms with Crippen molar-refractivity contribution in [3.8, 4) is 11.1 Å². The summed E-state index contributed by atoms with van der Waals surface area (Å²) < 4.78 is 1.79. The van der Waals surface area contributed by atoms with Gasteiger partial charge in [-0.1, -0.05) is 49.6 Å². The lowest BCUT2D eigenvalue weighted by Gasteiger charge is -2.26. The zero-order valence-electron chi connectivity index (χ0n) is 14.8. The van der Waals surface area contributed by atoms with Crippen LogP contribution in [-0.2, 0) is 16.1 Å². The van der Waals surface area contributed by atoms with Crippen molar-refractivity contribution >= 4 is 17.6 Å². The van der Waals surface area contributed by atoms with Crippen LogP contribution in [0.25, 0.3) is 11.1 Å².